The van der Waals surface area contributed by atoms with E-state index < -0.39 is 23.4 Å². The highest BCUT2D eigenvalue weighted by Crippen LogP contribution is 2.32. The fourth-order valence-corrected chi connectivity index (χ4v) is 0.768. The number of rotatable bonds is 1. The number of furan rings is 1. The van der Waals surface area contributed by atoms with Crippen molar-refractivity contribution >= 4 is 5.91 Å². The van der Waals surface area contributed by atoms with E-state index in [0.717, 1.165) is 11.5 Å². The van der Waals surface area contributed by atoms with Crippen LogP contribution in [0.2, 0.25) is 0 Å². The van der Waals surface area contributed by atoms with Crippen LogP contribution in [0.25, 0.3) is 0 Å². The molecule has 0 aliphatic heterocycles. The number of amides is 1. The van der Waals surface area contributed by atoms with Crippen molar-refractivity contribution < 1.29 is 27.6 Å². The topological polar surface area (TPSA) is 62.5 Å². The number of carbonyl (C=O) groups excluding carboxylic acids is 1. The molecule has 0 aliphatic rings. The van der Waals surface area contributed by atoms with Crippen LogP contribution in [-0.4, -0.2) is 11.1 Å². The zero-order valence-corrected chi connectivity index (χ0v) is 6.05. The van der Waals surface area contributed by atoms with Crippen LogP contribution in [0.4, 0.5) is 13.2 Å². The third kappa shape index (κ3) is 1.81. The van der Waals surface area contributed by atoms with Gasteiger partial charge in [-0.05, 0) is 6.07 Å². The van der Waals surface area contributed by atoms with Crippen LogP contribution in [0.1, 0.15) is 16.1 Å². The van der Waals surface area contributed by atoms with Gasteiger partial charge < -0.3 is 4.42 Å². The molecule has 0 atom stereocenters. The lowest BCUT2D eigenvalue weighted by Gasteiger charge is -2.03. The van der Waals surface area contributed by atoms with Gasteiger partial charge in [0.25, 0.3) is 5.91 Å². The maximum atomic E-state index is 12.0. The monoisotopic (exact) mass is 195 g/mol. The Kier molecular flexibility index (Phi) is 2.28. The standard InChI is InChI=1S/C6H4F3NO3/c7-6(8,9)4-3(1-2-13-4)5(11)10-12/h1-2,12H,(H,10,11). The molecule has 0 spiro atoms. The molecule has 0 bridgehead atoms. The molecule has 0 saturated carbocycles. The van der Waals surface area contributed by atoms with E-state index in [1.165, 1.54) is 0 Å². The normalized spacial score (nSPS) is 11.4. The number of carbonyl (C=O) groups is 1. The van der Waals surface area contributed by atoms with Gasteiger partial charge in [-0.15, -0.1) is 0 Å². The lowest BCUT2D eigenvalue weighted by Crippen LogP contribution is -2.21. The predicted molar refractivity (Wildman–Crippen MR) is 33.0 cm³/mol. The fraction of sp³-hybridized carbons (Fsp3) is 0.167. The van der Waals surface area contributed by atoms with Gasteiger partial charge in [-0.25, -0.2) is 5.48 Å². The molecule has 0 fully saturated rings. The molecule has 0 aromatic carbocycles. The highest BCUT2D eigenvalue weighted by molar-refractivity contribution is 5.94. The van der Waals surface area contributed by atoms with Gasteiger partial charge in [0.1, 0.15) is 0 Å². The third-order valence-electron chi connectivity index (χ3n) is 1.27. The summed E-state index contributed by atoms with van der Waals surface area (Å²) in [6, 6.07) is 0.814. The summed E-state index contributed by atoms with van der Waals surface area (Å²) in [5.74, 6) is -2.69. The van der Waals surface area contributed by atoms with Crippen molar-refractivity contribution in [2.24, 2.45) is 0 Å². The minimum Gasteiger partial charge on any atom is -0.459 e. The maximum Gasteiger partial charge on any atom is 0.450 e. The molecule has 2 N–H and O–H groups in total. The molecular weight excluding hydrogens is 191 g/mol. The zero-order valence-electron chi connectivity index (χ0n) is 6.05. The van der Waals surface area contributed by atoms with Crippen LogP contribution in [0.15, 0.2) is 16.7 Å². The molecule has 7 heteroatoms. The van der Waals surface area contributed by atoms with Gasteiger partial charge in [-0.2, -0.15) is 13.2 Å². The molecule has 0 unspecified atom stereocenters. The first-order chi connectivity index (χ1) is 5.96. The number of hydrogen-bond donors (Lipinski definition) is 2. The molecule has 1 aromatic heterocycles. The molecule has 1 aromatic rings. The Morgan fingerprint density at radius 1 is 1.54 bits per heavy atom. The van der Waals surface area contributed by atoms with Gasteiger partial charge in [0.15, 0.2) is 0 Å². The molecule has 1 amide bonds. The predicted octanol–water partition coefficient (Wildman–Crippen LogP) is 1.42. The molecule has 0 aliphatic carbocycles. The first-order valence-corrected chi connectivity index (χ1v) is 3.06. The molecule has 13 heavy (non-hydrogen) atoms. The second-order valence-corrected chi connectivity index (χ2v) is 2.10. The SMILES string of the molecule is O=C(NO)c1ccoc1C(F)(F)F. The van der Waals surface area contributed by atoms with Crippen LogP contribution in [-0.2, 0) is 6.18 Å². The summed E-state index contributed by atoms with van der Waals surface area (Å²) in [4.78, 5) is 10.6. The molecule has 72 valence electrons. The van der Waals surface area contributed by atoms with Crippen molar-refractivity contribution in [3.63, 3.8) is 0 Å². The molecule has 0 radical (unpaired) electrons. The Labute approximate surface area is 69.9 Å². The quantitative estimate of drug-likeness (QED) is 0.526. The van der Waals surface area contributed by atoms with E-state index >= 15 is 0 Å². The summed E-state index contributed by atoms with van der Waals surface area (Å²) in [5, 5.41) is 8.09. The fourth-order valence-electron chi connectivity index (χ4n) is 0.768. The summed E-state index contributed by atoms with van der Waals surface area (Å²) in [7, 11) is 0. The minimum absolute atomic E-state index is 0.716. The highest BCUT2D eigenvalue weighted by Gasteiger charge is 2.39. The summed E-state index contributed by atoms with van der Waals surface area (Å²) >= 11 is 0. The number of nitrogens with one attached hydrogen (secondary N) is 1. The summed E-state index contributed by atoms with van der Waals surface area (Å²) in [6.07, 6.45) is -4.03. The Hall–Kier alpha value is -1.50. The van der Waals surface area contributed by atoms with Gasteiger partial charge >= 0.3 is 6.18 Å². The summed E-state index contributed by atoms with van der Waals surface area (Å²) < 4.78 is 40.1. The van der Waals surface area contributed by atoms with Crippen LogP contribution in [0, 0.1) is 0 Å². The summed E-state index contributed by atoms with van der Waals surface area (Å²) in [5.41, 5.74) is 0.326. The molecule has 1 rings (SSSR count). The van der Waals surface area contributed by atoms with Gasteiger partial charge in [0.05, 0.1) is 11.8 Å². The van der Waals surface area contributed by atoms with E-state index in [1.807, 2.05) is 0 Å². The average Bonchev–Trinajstić information content (AvgIpc) is 2.49. The average molecular weight is 195 g/mol. The molecule has 1 heterocycles. The first-order valence-electron chi connectivity index (χ1n) is 3.06. The van der Waals surface area contributed by atoms with Gasteiger partial charge in [0.2, 0.25) is 5.76 Å². The van der Waals surface area contributed by atoms with E-state index in [1.54, 1.807) is 0 Å². The number of hydroxylamine groups is 1. The van der Waals surface area contributed by atoms with Crippen molar-refractivity contribution in [3.05, 3.63) is 23.7 Å². The maximum absolute atomic E-state index is 12.0. The largest absolute Gasteiger partial charge is 0.459 e. The van der Waals surface area contributed by atoms with E-state index in [0.29, 0.717) is 6.26 Å². The summed E-state index contributed by atoms with van der Waals surface area (Å²) in [6.45, 7) is 0. The van der Waals surface area contributed by atoms with Crippen LogP contribution >= 0.6 is 0 Å². The van der Waals surface area contributed by atoms with Gasteiger partial charge in [-0.3, -0.25) is 10.0 Å². The lowest BCUT2D eigenvalue weighted by atomic mass is 10.2. The second kappa shape index (κ2) is 3.09. The zero-order chi connectivity index (χ0) is 10.1. The molecule has 0 saturated heterocycles. The number of alkyl halides is 3. The Balaban J connectivity index is 3.10. The lowest BCUT2D eigenvalue weighted by molar-refractivity contribution is -0.153. The Bertz CT molecular complexity index is 317. The Morgan fingerprint density at radius 3 is 2.62 bits per heavy atom. The molecule has 4 nitrogen and oxygen atoms in total. The van der Waals surface area contributed by atoms with Crippen molar-refractivity contribution in [3.8, 4) is 0 Å². The van der Waals surface area contributed by atoms with Crippen LogP contribution in [0.3, 0.4) is 0 Å². The highest BCUT2D eigenvalue weighted by atomic mass is 19.4. The van der Waals surface area contributed by atoms with Gasteiger partial charge in [-0.1, -0.05) is 0 Å². The van der Waals surface area contributed by atoms with E-state index in [4.69, 9.17) is 5.21 Å². The Morgan fingerprint density at radius 2 is 2.15 bits per heavy atom. The van der Waals surface area contributed by atoms with Crippen molar-refractivity contribution in [1.29, 1.82) is 0 Å². The number of halogens is 3. The van der Waals surface area contributed by atoms with Gasteiger partial charge in [0, 0.05) is 0 Å². The van der Waals surface area contributed by atoms with E-state index in [-0.39, 0.29) is 0 Å². The number of hydrogen-bond acceptors (Lipinski definition) is 3. The van der Waals surface area contributed by atoms with Crippen molar-refractivity contribution in [2.45, 2.75) is 6.18 Å². The second-order valence-electron chi connectivity index (χ2n) is 2.10. The van der Waals surface area contributed by atoms with E-state index in [2.05, 4.69) is 4.42 Å². The third-order valence-corrected chi connectivity index (χ3v) is 1.27. The smallest absolute Gasteiger partial charge is 0.450 e. The molecular formula is C6H4F3NO3. The minimum atomic E-state index is -4.74. The van der Waals surface area contributed by atoms with Crippen molar-refractivity contribution in [1.82, 2.24) is 5.48 Å². The van der Waals surface area contributed by atoms with Crippen LogP contribution in [0.5, 0.6) is 0 Å². The van der Waals surface area contributed by atoms with Crippen LogP contribution < -0.4 is 5.48 Å². The first kappa shape index (κ1) is 9.59. The van der Waals surface area contributed by atoms with Crippen molar-refractivity contribution in [2.75, 3.05) is 0 Å². The van der Waals surface area contributed by atoms with E-state index in [9.17, 15) is 18.0 Å².